The van der Waals surface area contributed by atoms with E-state index in [1.807, 2.05) is 0 Å². The average Bonchev–Trinajstić information content (AvgIpc) is 2.27. The second-order valence-electron chi connectivity index (χ2n) is 4.69. The molecular formula is C9H19NO2S. The van der Waals surface area contributed by atoms with Crippen LogP contribution >= 0.6 is 0 Å². The first-order valence-electron chi connectivity index (χ1n) is 4.74. The first kappa shape index (κ1) is 11.0. The van der Waals surface area contributed by atoms with Crippen LogP contribution < -0.4 is 5.73 Å². The van der Waals surface area contributed by atoms with Crippen molar-refractivity contribution < 1.29 is 8.42 Å². The van der Waals surface area contributed by atoms with Gasteiger partial charge in [-0.05, 0) is 31.1 Å². The highest BCUT2D eigenvalue weighted by Crippen LogP contribution is 2.39. The summed E-state index contributed by atoms with van der Waals surface area (Å²) in [5, 5.41) is 0. The zero-order valence-electron chi connectivity index (χ0n) is 8.41. The molecule has 1 fully saturated rings. The van der Waals surface area contributed by atoms with E-state index in [9.17, 15) is 8.42 Å². The van der Waals surface area contributed by atoms with Gasteiger partial charge in [0.15, 0.2) is 0 Å². The molecule has 0 saturated heterocycles. The molecule has 4 heteroatoms. The Morgan fingerprint density at radius 2 is 2.15 bits per heavy atom. The Labute approximate surface area is 80.6 Å². The molecule has 0 aliphatic heterocycles. The van der Waals surface area contributed by atoms with E-state index in [1.54, 1.807) is 0 Å². The number of hydrogen-bond acceptors (Lipinski definition) is 3. The molecule has 2 atom stereocenters. The van der Waals surface area contributed by atoms with Crippen molar-refractivity contribution in [2.75, 3.05) is 12.0 Å². The maximum absolute atomic E-state index is 11.0. The van der Waals surface area contributed by atoms with Crippen LogP contribution in [0.2, 0.25) is 0 Å². The van der Waals surface area contributed by atoms with Crippen molar-refractivity contribution in [2.24, 2.45) is 11.1 Å². The zero-order chi connectivity index (χ0) is 10.1. The molecule has 0 heterocycles. The van der Waals surface area contributed by atoms with Crippen LogP contribution in [0.15, 0.2) is 0 Å². The van der Waals surface area contributed by atoms with Crippen LogP contribution in [0.3, 0.4) is 0 Å². The van der Waals surface area contributed by atoms with Gasteiger partial charge < -0.3 is 5.73 Å². The Kier molecular flexibility index (Phi) is 3.02. The van der Waals surface area contributed by atoms with Crippen LogP contribution in [0.4, 0.5) is 0 Å². The van der Waals surface area contributed by atoms with Gasteiger partial charge in [0.2, 0.25) is 0 Å². The summed E-state index contributed by atoms with van der Waals surface area (Å²) < 4.78 is 22.0. The molecule has 1 saturated carbocycles. The molecule has 0 spiro atoms. The van der Waals surface area contributed by atoms with Gasteiger partial charge in [0.25, 0.3) is 0 Å². The van der Waals surface area contributed by atoms with Crippen molar-refractivity contribution in [3.63, 3.8) is 0 Å². The monoisotopic (exact) mass is 205 g/mol. The van der Waals surface area contributed by atoms with Gasteiger partial charge in [-0.3, -0.25) is 0 Å². The van der Waals surface area contributed by atoms with Gasteiger partial charge in [0.05, 0.1) is 5.75 Å². The highest BCUT2D eigenvalue weighted by atomic mass is 32.2. The molecule has 1 rings (SSSR count). The summed E-state index contributed by atoms with van der Waals surface area (Å²) in [5.74, 6) is 0.302. The number of hydrogen-bond donors (Lipinski definition) is 1. The third-order valence-corrected chi connectivity index (χ3v) is 3.90. The SMILES string of the molecule is CC1(CCS(C)(=O)=O)CCC(N)C1. The third-order valence-electron chi connectivity index (χ3n) is 2.95. The minimum atomic E-state index is -2.81. The highest BCUT2D eigenvalue weighted by molar-refractivity contribution is 7.90. The van der Waals surface area contributed by atoms with Crippen LogP contribution in [0.1, 0.15) is 32.6 Å². The second-order valence-corrected chi connectivity index (χ2v) is 6.95. The molecule has 2 N–H and O–H groups in total. The number of sulfone groups is 1. The Morgan fingerprint density at radius 1 is 1.54 bits per heavy atom. The minimum Gasteiger partial charge on any atom is -0.328 e. The molecule has 13 heavy (non-hydrogen) atoms. The quantitative estimate of drug-likeness (QED) is 0.746. The summed E-state index contributed by atoms with van der Waals surface area (Å²) in [6.07, 6.45) is 5.15. The normalized spacial score (nSPS) is 35.2. The van der Waals surface area contributed by atoms with E-state index in [0.717, 1.165) is 25.7 Å². The first-order valence-corrected chi connectivity index (χ1v) is 6.80. The standard InChI is InChI=1S/C9H19NO2S/c1-9(4-3-8(10)7-9)5-6-13(2,11)12/h8H,3-7,10H2,1-2H3. The summed E-state index contributed by atoms with van der Waals surface area (Å²) >= 11 is 0. The molecule has 0 bridgehead atoms. The summed E-state index contributed by atoms with van der Waals surface area (Å²) in [7, 11) is -2.81. The molecule has 0 amide bonds. The lowest BCUT2D eigenvalue weighted by Gasteiger charge is -2.22. The van der Waals surface area contributed by atoms with E-state index >= 15 is 0 Å². The second kappa shape index (κ2) is 3.58. The fraction of sp³-hybridized carbons (Fsp3) is 1.00. The predicted molar refractivity (Wildman–Crippen MR) is 54.3 cm³/mol. The smallest absolute Gasteiger partial charge is 0.147 e. The van der Waals surface area contributed by atoms with Gasteiger partial charge in [-0.2, -0.15) is 0 Å². The van der Waals surface area contributed by atoms with E-state index < -0.39 is 9.84 Å². The van der Waals surface area contributed by atoms with Crippen LogP contribution in [0.25, 0.3) is 0 Å². The minimum absolute atomic E-state index is 0.169. The van der Waals surface area contributed by atoms with Crippen LogP contribution in [-0.2, 0) is 9.84 Å². The maximum atomic E-state index is 11.0. The predicted octanol–water partition coefficient (Wildman–Crippen LogP) is 0.939. The van der Waals surface area contributed by atoms with E-state index in [-0.39, 0.29) is 11.5 Å². The molecule has 1 aliphatic rings. The van der Waals surface area contributed by atoms with Crippen molar-refractivity contribution in [1.82, 2.24) is 0 Å². The summed E-state index contributed by atoms with van der Waals surface area (Å²) in [5.41, 5.74) is 5.97. The van der Waals surface area contributed by atoms with Gasteiger partial charge >= 0.3 is 0 Å². The van der Waals surface area contributed by atoms with Crippen molar-refractivity contribution in [3.05, 3.63) is 0 Å². The molecular weight excluding hydrogens is 186 g/mol. The van der Waals surface area contributed by atoms with Crippen LogP contribution in [0.5, 0.6) is 0 Å². The fourth-order valence-corrected chi connectivity index (χ4v) is 2.89. The van der Waals surface area contributed by atoms with E-state index in [4.69, 9.17) is 5.73 Å². The fourth-order valence-electron chi connectivity index (χ4n) is 2.03. The van der Waals surface area contributed by atoms with E-state index in [1.165, 1.54) is 6.26 Å². The van der Waals surface area contributed by atoms with Gasteiger partial charge in [-0.1, -0.05) is 6.92 Å². The molecule has 0 aromatic carbocycles. The molecule has 78 valence electrons. The molecule has 3 nitrogen and oxygen atoms in total. The first-order chi connectivity index (χ1) is 5.81. The Morgan fingerprint density at radius 3 is 2.54 bits per heavy atom. The number of nitrogens with two attached hydrogens (primary N) is 1. The lowest BCUT2D eigenvalue weighted by molar-refractivity contribution is 0.319. The van der Waals surface area contributed by atoms with Crippen molar-refractivity contribution >= 4 is 9.84 Å². The Bertz CT molecular complexity index is 273. The zero-order valence-corrected chi connectivity index (χ0v) is 9.23. The largest absolute Gasteiger partial charge is 0.328 e. The van der Waals surface area contributed by atoms with E-state index in [2.05, 4.69) is 6.92 Å². The summed E-state index contributed by atoms with van der Waals surface area (Å²) in [6.45, 7) is 2.14. The number of rotatable bonds is 3. The Hall–Kier alpha value is -0.0900. The molecule has 0 radical (unpaired) electrons. The maximum Gasteiger partial charge on any atom is 0.147 e. The van der Waals surface area contributed by atoms with Gasteiger partial charge in [-0.25, -0.2) is 8.42 Å². The lowest BCUT2D eigenvalue weighted by atomic mass is 9.86. The molecule has 2 unspecified atom stereocenters. The summed E-state index contributed by atoms with van der Waals surface area (Å²) in [4.78, 5) is 0. The Balaban J connectivity index is 2.45. The third kappa shape index (κ3) is 3.65. The van der Waals surface area contributed by atoms with Crippen LogP contribution in [-0.4, -0.2) is 26.5 Å². The summed E-state index contributed by atoms with van der Waals surface area (Å²) in [6, 6.07) is 0.282. The molecule has 0 aromatic rings. The lowest BCUT2D eigenvalue weighted by Crippen LogP contribution is -2.21. The highest BCUT2D eigenvalue weighted by Gasteiger charge is 2.33. The van der Waals surface area contributed by atoms with E-state index in [0.29, 0.717) is 5.75 Å². The molecule has 0 aromatic heterocycles. The van der Waals surface area contributed by atoms with Gasteiger partial charge in [0, 0.05) is 12.3 Å². The van der Waals surface area contributed by atoms with Crippen molar-refractivity contribution in [1.29, 1.82) is 0 Å². The topological polar surface area (TPSA) is 60.2 Å². The molecule has 1 aliphatic carbocycles. The van der Waals surface area contributed by atoms with Gasteiger partial charge in [0.1, 0.15) is 9.84 Å². The van der Waals surface area contributed by atoms with Gasteiger partial charge in [-0.15, -0.1) is 0 Å². The van der Waals surface area contributed by atoms with Crippen LogP contribution in [0, 0.1) is 5.41 Å². The van der Waals surface area contributed by atoms with Crippen molar-refractivity contribution in [2.45, 2.75) is 38.6 Å². The van der Waals surface area contributed by atoms with Crippen molar-refractivity contribution in [3.8, 4) is 0 Å². The average molecular weight is 205 g/mol.